The molecule has 0 saturated heterocycles. The molecule has 0 aliphatic rings. The van der Waals surface area contributed by atoms with Crippen LogP contribution in [0.2, 0.25) is 0 Å². The van der Waals surface area contributed by atoms with Crippen LogP contribution in [0.4, 0.5) is 5.69 Å². The fourth-order valence-electron chi connectivity index (χ4n) is 1.80. The summed E-state index contributed by atoms with van der Waals surface area (Å²) in [5.41, 5.74) is 0.0104. The lowest BCUT2D eigenvalue weighted by Gasteiger charge is -2.09. The SMILES string of the molecule is CC(=O)Nc1ccc2ccccc2c1S([O])(=O)=O. The topological polar surface area (TPSA) is 83.1 Å². The summed E-state index contributed by atoms with van der Waals surface area (Å²) in [5.74, 6) is -0.435. The van der Waals surface area contributed by atoms with E-state index in [4.69, 9.17) is 0 Å². The van der Waals surface area contributed by atoms with E-state index >= 15 is 0 Å². The number of rotatable bonds is 2. The molecule has 0 aromatic heterocycles. The van der Waals surface area contributed by atoms with Crippen molar-refractivity contribution < 1.29 is 17.8 Å². The van der Waals surface area contributed by atoms with Gasteiger partial charge < -0.3 is 5.32 Å². The van der Waals surface area contributed by atoms with Crippen molar-refractivity contribution in [1.82, 2.24) is 0 Å². The molecule has 0 saturated carbocycles. The molecule has 2 rings (SSSR count). The largest absolute Gasteiger partial charge is 0.326 e. The molecule has 0 unspecified atom stereocenters. The van der Waals surface area contributed by atoms with E-state index < -0.39 is 20.9 Å². The van der Waals surface area contributed by atoms with Crippen LogP contribution in [0.3, 0.4) is 0 Å². The van der Waals surface area contributed by atoms with E-state index in [1.54, 1.807) is 24.3 Å². The zero-order valence-corrected chi connectivity index (χ0v) is 10.3. The molecule has 18 heavy (non-hydrogen) atoms. The second-order valence-corrected chi connectivity index (χ2v) is 5.12. The average Bonchev–Trinajstić information content (AvgIpc) is 2.26. The van der Waals surface area contributed by atoms with Crippen LogP contribution in [0.15, 0.2) is 41.3 Å². The summed E-state index contributed by atoms with van der Waals surface area (Å²) in [5, 5.41) is 3.28. The highest BCUT2D eigenvalue weighted by atomic mass is 32.2. The zero-order valence-electron chi connectivity index (χ0n) is 9.51. The Labute approximate surface area is 104 Å². The fourth-order valence-corrected chi connectivity index (χ4v) is 2.64. The first-order valence-corrected chi connectivity index (χ1v) is 6.55. The number of nitrogens with one attached hydrogen (secondary N) is 1. The van der Waals surface area contributed by atoms with Crippen LogP contribution in [-0.4, -0.2) is 14.3 Å². The van der Waals surface area contributed by atoms with Gasteiger partial charge >= 0.3 is 10.1 Å². The van der Waals surface area contributed by atoms with E-state index in [2.05, 4.69) is 5.32 Å². The van der Waals surface area contributed by atoms with Crippen LogP contribution in [-0.2, 0) is 19.5 Å². The van der Waals surface area contributed by atoms with Gasteiger partial charge in [0.1, 0.15) is 4.90 Å². The number of benzene rings is 2. The summed E-state index contributed by atoms with van der Waals surface area (Å²) in [6.07, 6.45) is 0. The van der Waals surface area contributed by atoms with Gasteiger partial charge in [-0.3, -0.25) is 4.79 Å². The lowest BCUT2D eigenvalue weighted by molar-refractivity contribution is -0.114. The first kappa shape index (κ1) is 12.5. The Kier molecular flexibility index (Phi) is 3.06. The van der Waals surface area contributed by atoms with E-state index in [1.807, 2.05) is 0 Å². The van der Waals surface area contributed by atoms with Gasteiger partial charge in [0.2, 0.25) is 5.91 Å². The summed E-state index contributed by atoms with van der Waals surface area (Å²) in [6, 6.07) is 9.66. The molecule has 0 aliphatic carbocycles. The highest BCUT2D eigenvalue weighted by Crippen LogP contribution is 2.30. The third-order valence-corrected chi connectivity index (χ3v) is 3.38. The van der Waals surface area contributed by atoms with Gasteiger partial charge in [0.05, 0.1) is 5.69 Å². The summed E-state index contributed by atoms with van der Waals surface area (Å²) in [7, 11) is -4.67. The molecule has 1 N–H and O–H groups in total. The van der Waals surface area contributed by atoms with E-state index in [9.17, 15) is 17.8 Å². The van der Waals surface area contributed by atoms with Gasteiger partial charge in [0.15, 0.2) is 0 Å². The Morgan fingerprint density at radius 3 is 2.39 bits per heavy atom. The van der Waals surface area contributed by atoms with E-state index in [1.165, 1.54) is 19.1 Å². The second-order valence-electron chi connectivity index (χ2n) is 3.80. The van der Waals surface area contributed by atoms with E-state index in [-0.39, 0.29) is 5.69 Å². The maximum atomic E-state index is 11.3. The maximum Gasteiger partial charge on any atom is 0.326 e. The first-order chi connectivity index (χ1) is 8.39. The number of fused-ring (bicyclic) bond motifs is 1. The molecule has 0 atom stereocenters. The molecule has 0 aliphatic heterocycles. The minimum atomic E-state index is -4.67. The predicted molar refractivity (Wildman–Crippen MR) is 66.1 cm³/mol. The molecular formula is C12H10NO4S. The molecular weight excluding hydrogens is 254 g/mol. The first-order valence-electron chi connectivity index (χ1n) is 5.15. The van der Waals surface area contributed by atoms with Gasteiger partial charge in [0.25, 0.3) is 0 Å². The Balaban J connectivity index is 2.84. The van der Waals surface area contributed by atoms with Crippen molar-refractivity contribution in [3.63, 3.8) is 0 Å². The maximum absolute atomic E-state index is 11.3. The summed E-state index contributed by atoms with van der Waals surface area (Å²) < 4.78 is 34.0. The highest BCUT2D eigenvalue weighted by molar-refractivity contribution is 7.86. The predicted octanol–water partition coefficient (Wildman–Crippen LogP) is 1.92. The molecule has 0 heterocycles. The van der Waals surface area contributed by atoms with Crippen molar-refractivity contribution >= 4 is 32.5 Å². The lowest BCUT2D eigenvalue weighted by Crippen LogP contribution is -2.10. The summed E-state index contributed by atoms with van der Waals surface area (Å²) in [6.45, 7) is 1.25. The van der Waals surface area contributed by atoms with Crippen LogP contribution in [0, 0.1) is 0 Å². The number of carbonyl (C=O) groups excluding carboxylic acids is 1. The van der Waals surface area contributed by atoms with Gasteiger partial charge in [-0.2, -0.15) is 8.42 Å². The second kappa shape index (κ2) is 4.40. The third kappa shape index (κ3) is 2.34. The Bertz CT molecular complexity index is 722. The van der Waals surface area contributed by atoms with Crippen molar-refractivity contribution in [2.24, 2.45) is 0 Å². The van der Waals surface area contributed by atoms with Gasteiger partial charge in [0, 0.05) is 12.3 Å². The van der Waals surface area contributed by atoms with Gasteiger partial charge in [-0.05, 0) is 11.5 Å². The number of amides is 1. The number of hydrogen-bond acceptors (Lipinski definition) is 3. The minimum Gasteiger partial charge on any atom is -0.325 e. The van der Waals surface area contributed by atoms with Crippen LogP contribution in [0.25, 0.3) is 10.8 Å². The van der Waals surface area contributed by atoms with Crippen LogP contribution in [0.1, 0.15) is 6.92 Å². The minimum absolute atomic E-state index is 0.0104. The molecule has 2 aromatic rings. The van der Waals surface area contributed by atoms with Crippen molar-refractivity contribution in [2.45, 2.75) is 11.8 Å². The Hall–Kier alpha value is -1.92. The average molecular weight is 264 g/mol. The number of anilines is 1. The van der Waals surface area contributed by atoms with Crippen molar-refractivity contribution in [1.29, 1.82) is 0 Å². The standard InChI is InChI=1S/C12H10NO4S/c1-8(14)13-11-7-6-9-4-2-3-5-10(9)12(11)18(15,16)17/h2-7H,1H3,(H,13,14). The molecule has 1 amide bonds. The third-order valence-electron chi connectivity index (χ3n) is 2.44. The smallest absolute Gasteiger partial charge is 0.325 e. The molecule has 2 aromatic carbocycles. The molecule has 6 heteroatoms. The fraction of sp³-hybridized carbons (Fsp3) is 0.0833. The van der Waals surface area contributed by atoms with Gasteiger partial charge in [-0.25, -0.2) is 0 Å². The van der Waals surface area contributed by atoms with E-state index in [0.29, 0.717) is 10.8 Å². The van der Waals surface area contributed by atoms with Gasteiger partial charge in [-0.1, -0.05) is 34.9 Å². The van der Waals surface area contributed by atoms with E-state index in [0.717, 1.165) is 0 Å². The van der Waals surface area contributed by atoms with Crippen LogP contribution in [0.5, 0.6) is 0 Å². The van der Waals surface area contributed by atoms with Crippen molar-refractivity contribution in [3.8, 4) is 0 Å². The molecule has 1 radical (unpaired) electrons. The summed E-state index contributed by atoms with van der Waals surface area (Å²) in [4.78, 5) is 10.6. The van der Waals surface area contributed by atoms with Crippen LogP contribution >= 0.6 is 0 Å². The molecule has 93 valence electrons. The normalized spacial score (nSPS) is 11.4. The van der Waals surface area contributed by atoms with Crippen molar-refractivity contribution in [3.05, 3.63) is 36.4 Å². The summed E-state index contributed by atoms with van der Waals surface area (Å²) >= 11 is 0. The highest BCUT2D eigenvalue weighted by Gasteiger charge is 2.21. The molecule has 0 spiro atoms. The monoisotopic (exact) mass is 264 g/mol. The van der Waals surface area contributed by atoms with Crippen LogP contribution < -0.4 is 5.32 Å². The Morgan fingerprint density at radius 1 is 1.11 bits per heavy atom. The van der Waals surface area contributed by atoms with Gasteiger partial charge in [-0.15, -0.1) is 0 Å². The lowest BCUT2D eigenvalue weighted by atomic mass is 10.1. The quantitative estimate of drug-likeness (QED) is 0.899. The number of carbonyl (C=O) groups is 1. The number of hydrogen-bond donors (Lipinski definition) is 1. The Morgan fingerprint density at radius 2 is 1.78 bits per heavy atom. The zero-order chi connectivity index (χ0) is 13.3. The molecule has 0 bridgehead atoms. The van der Waals surface area contributed by atoms with Crippen molar-refractivity contribution in [2.75, 3.05) is 5.32 Å². The molecule has 5 nitrogen and oxygen atoms in total. The molecule has 0 fully saturated rings.